The summed E-state index contributed by atoms with van der Waals surface area (Å²) in [5.41, 5.74) is 3.57. The average molecular weight is 496 g/mol. The largest absolute Gasteiger partial charge is 0.461 e. The number of pyridine rings is 1. The van der Waals surface area contributed by atoms with Gasteiger partial charge in [-0.05, 0) is 95.5 Å². The maximum atomic E-state index is 13.3. The predicted molar refractivity (Wildman–Crippen MR) is 129 cm³/mol. The Morgan fingerprint density at radius 2 is 1.71 bits per heavy atom. The summed E-state index contributed by atoms with van der Waals surface area (Å²) in [4.78, 5) is 20.5. The van der Waals surface area contributed by atoms with Crippen LogP contribution in [-0.2, 0) is 14.3 Å². The van der Waals surface area contributed by atoms with E-state index in [1.165, 1.54) is 38.5 Å². The summed E-state index contributed by atoms with van der Waals surface area (Å²) < 4.78 is 13.0. The third-order valence-electron chi connectivity index (χ3n) is 6.45. The third-order valence-corrected chi connectivity index (χ3v) is 7.40. The van der Waals surface area contributed by atoms with Crippen LogP contribution in [0.25, 0.3) is 0 Å². The Kier molecular flexibility index (Phi) is 7.42. The second-order valence-electron chi connectivity index (χ2n) is 10.7. The smallest absolute Gasteiger partial charge is 0.340 e. The number of hydrogen-bond donors (Lipinski definition) is 0. The van der Waals surface area contributed by atoms with Crippen molar-refractivity contribution in [3.8, 4) is 0 Å². The molecule has 0 aromatic carbocycles. The Balaban J connectivity index is 2.11. The number of aromatic nitrogens is 1. The van der Waals surface area contributed by atoms with E-state index in [0.29, 0.717) is 5.41 Å². The highest BCUT2D eigenvalue weighted by Gasteiger charge is 2.41. The van der Waals surface area contributed by atoms with Crippen LogP contribution >= 0.6 is 15.9 Å². The highest BCUT2D eigenvalue weighted by molar-refractivity contribution is 9.10. The highest BCUT2D eigenvalue weighted by atomic mass is 79.9. The van der Waals surface area contributed by atoms with E-state index in [1.54, 1.807) is 0 Å². The van der Waals surface area contributed by atoms with Gasteiger partial charge in [0.2, 0.25) is 0 Å². The number of hydrogen-bond acceptors (Lipinski definition) is 5. The van der Waals surface area contributed by atoms with Crippen molar-refractivity contribution in [1.82, 2.24) is 4.98 Å². The summed E-state index contributed by atoms with van der Waals surface area (Å²) in [6.07, 6.45) is 6.71. The van der Waals surface area contributed by atoms with E-state index in [-0.39, 0.29) is 12.1 Å². The summed E-state index contributed by atoms with van der Waals surface area (Å²) in [5.74, 6) is -0.348. The van der Waals surface area contributed by atoms with Crippen molar-refractivity contribution in [3.63, 3.8) is 0 Å². The maximum absolute atomic E-state index is 13.3. The molecule has 3 rings (SSSR count). The summed E-state index contributed by atoms with van der Waals surface area (Å²) in [6.45, 7) is 15.7. The van der Waals surface area contributed by atoms with Crippen LogP contribution in [0, 0.1) is 19.3 Å². The number of nitrogens with zero attached hydrogens (tertiary/aromatic N) is 2. The highest BCUT2D eigenvalue weighted by Crippen LogP contribution is 2.48. The number of halogens is 1. The van der Waals surface area contributed by atoms with Gasteiger partial charge in [0.1, 0.15) is 0 Å². The van der Waals surface area contributed by atoms with Gasteiger partial charge in [0.25, 0.3) is 0 Å². The molecule has 1 unspecified atom stereocenters. The molecule has 1 atom stereocenters. The van der Waals surface area contributed by atoms with Gasteiger partial charge in [0.15, 0.2) is 6.10 Å². The summed E-state index contributed by atoms with van der Waals surface area (Å²) in [5, 5.41) is 0. The monoisotopic (exact) mass is 494 g/mol. The van der Waals surface area contributed by atoms with Gasteiger partial charge in [-0.1, -0.05) is 12.8 Å². The molecule has 2 fully saturated rings. The fraction of sp³-hybridized carbons (Fsp3) is 0.760. The molecule has 174 valence electrons. The number of aryl methyl sites for hydroxylation is 2. The molecule has 1 saturated carbocycles. The van der Waals surface area contributed by atoms with Crippen LogP contribution in [0.2, 0.25) is 0 Å². The van der Waals surface area contributed by atoms with Crippen molar-refractivity contribution in [3.05, 3.63) is 21.4 Å². The Labute approximate surface area is 196 Å². The van der Waals surface area contributed by atoms with E-state index < -0.39 is 11.7 Å². The number of esters is 1. The van der Waals surface area contributed by atoms with Crippen LogP contribution in [-0.4, -0.2) is 35.7 Å². The first-order valence-electron chi connectivity index (χ1n) is 11.7. The molecule has 1 spiro atoms. The van der Waals surface area contributed by atoms with Crippen LogP contribution in [0.5, 0.6) is 0 Å². The van der Waals surface area contributed by atoms with Crippen molar-refractivity contribution in [2.45, 2.75) is 105 Å². The van der Waals surface area contributed by atoms with Crippen LogP contribution < -0.4 is 4.90 Å². The molecular weight excluding hydrogens is 456 g/mol. The first kappa shape index (κ1) is 24.5. The topological polar surface area (TPSA) is 51.7 Å². The fourth-order valence-electron chi connectivity index (χ4n) is 5.25. The zero-order valence-electron chi connectivity index (χ0n) is 20.3. The number of rotatable bonds is 5. The molecule has 0 N–H and O–H groups in total. The second-order valence-corrected chi connectivity index (χ2v) is 11.5. The molecule has 1 aliphatic carbocycles. The van der Waals surface area contributed by atoms with Gasteiger partial charge in [-0.15, -0.1) is 0 Å². The van der Waals surface area contributed by atoms with Crippen molar-refractivity contribution < 1.29 is 14.3 Å². The lowest BCUT2D eigenvalue weighted by atomic mass is 9.78. The Morgan fingerprint density at radius 3 is 2.29 bits per heavy atom. The Bertz CT molecular complexity index is 810. The first-order valence-corrected chi connectivity index (χ1v) is 12.5. The fourth-order valence-corrected chi connectivity index (χ4v) is 5.80. The van der Waals surface area contributed by atoms with Gasteiger partial charge in [-0.3, -0.25) is 4.98 Å². The van der Waals surface area contributed by atoms with E-state index in [2.05, 4.69) is 20.8 Å². The number of ether oxygens (including phenoxy) is 2. The molecular formula is C25H39BrN2O3. The lowest BCUT2D eigenvalue weighted by Gasteiger charge is -2.43. The average Bonchev–Trinajstić information content (AvgIpc) is 3.09. The van der Waals surface area contributed by atoms with Crippen LogP contribution in [0.4, 0.5) is 5.69 Å². The number of carbonyl (C=O) groups is 1. The van der Waals surface area contributed by atoms with Gasteiger partial charge in [0.05, 0.1) is 27.6 Å². The van der Waals surface area contributed by atoms with Gasteiger partial charge in [0, 0.05) is 24.3 Å². The van der Waals surface area contributed by atoms with Crippen molar-refractivity contribution >= 4 is 27.6 Å². The van der Waals surface area contributed by atoms with Crippen LogP contribution in [0.15, 0.2) is 4.47 Å². The summed E-state index contributed by atoms with van der Waals surface area (Å²) in [6, 6.07) is 0. The van der Waals surface area contributed by atoms with Crippen molar-refractivity contribution in [2.24, 2.45) is 5.41 Å². The summed E-state index contributed by atoms with van der Waals surface area (Å²) in [7, 11) is 0. The minimum absolute atomic E-state index is 0.207. The van der Waals surface area contributed by atoms with Crippen molar-refractivity contribution in [2.75, 3.05) is 18.0 Å². The minimum Gasteiger partial charge on any atom is -0.461 e. The molecule has 0 radical (unpaired) electrons. The molecule has 31 heavy (non-hydrogen) atoms. The first-order chi connectivity index (χ1) is 14.4. The molecule has 5 nitrogen and oxygen atoms in total. The number of piperidine rings is 1. The van der Waals surface area contributed by atoms with Gasteiger partial charge < -0.3 is 14.4 Å². The zero-order valence-corrected chi connectivity index (χ0v) is 21.9. The summed E-state index contributed by atoms with van der Waals surface area (Å²) >= 11 is 3.83. The van der Waals surface area contributed by atoms with E-state index in [1.807, 2.05) is 48.5 Å². The predicted octanol–water partition coefficient (Wildman–Crippen LogP) is 6.43. The maximum Gasteiger partial charge on any atom is 0.340 e. The van der Waals surface area contributed by atoms with E-state index >= 15 is 0 Å². The molecule has 6 heteroatoms. The molecule has 2 aliphatic rings. The molecule has 1 aromatic rings. The van der Waals surface area contributed by atoms with E-state index in [4.69, 9.17) is 14.5 Å². The molecule has 1 aromatic heterocycles. The number of carbonyl (C=O) groups excluding carboxylic acids is 1. The standard InChI is InChI=1S/C25H39BrN2O3/c1-16(2)30-23(29)22(31-24(5,6)7)19-17(3)27-18(4)20(26)21(19)28-14-10-13-25(15-28)11-8-9-12-25/h16,22H,8-15H2,1-7H3. The quantitative estimate of drug-likeness (QED) is 0.441. The Morgan fingerprint density at radius 1 is 1.10 bits per heavy atom. The van der Waals surface area contributed by atoms with Crippen molar-refractivity contribution in [1.29, 1.82) is 0 Å². The Hall–Kier alpha value is -1.14. The van der Waals surface area contributed by atoms with E-state index in [9.17, 15) is 4.79 Å². The minimum atomic E-state index is -0.816. The van der Waals surface area contributed by atoms with Gasteiger partial charge in [-0.2, -0.15) is 0 Å². The van der Waals surface area contributed by atoms with E-state index in [0.717, 1.165) is 40.2 Å². The molecule has 2 heterocycles. The molecule has 1 saturated heterocycles. The lowest BCUT2D eigenvalue weighted by molar-refractivity contribution is -0.171. The molecule has 0 bridgehead atoms. The molecule has 1 aliphatic heterocycles. The number of anilines is 1. The second kappa shape index (κ2) is 9.38. The molecule has 0 amide bonds. The van der Waals surface area contributed by atoms with Gasteiger partial charge in [-0.25, -0.2) is 4.79 Å². The SMILES string of the molecule is Cc1nc(C)c(C(OC(C)(C)C)C(=O)OC(C)C)c(N2CCCC3(CCCC3)C2)c1Br. The van der Waals surface area contributed by atoms with Crippen LogP contribution in [0.1, 0.15) is 96.2 Å². The van der Waals surface area contributed by atoms with Crippen LogP contribution in [0.3, 0.4) is 0 Å². The zero-order chi connectivity index (χ0) is 23.0. The third kappa shape index (κ3) is 5.62. The normalized spacial score (nSPS) is 19.8. The lowest BCUT2D eigenvalue weighted by Crippen LogP contribution is -2.43. The van der Waals surface area contributed by atoms with Gasteiger partial charge >= 0.3 is 5.97 Å².